The van der Waals surface area contributed by atoms with Crippen LogP contribution in [0.25, 0.3) is 6.08 Å². The highest BCUT2D eigenvalue weighted by atomic mass is 19.4. The summed E-state index contributed by atoms with van der Waals surface area (Å²) in [7, 11) is 0. The number of alkyl halides is 3. The minimum atomic E-state index is -4.70. The Labute approximate surface area is 232 Å². The van der Waals surface area contributed by atoms with Gasteiger partial charge in [-0.1, -0.05) is 36.4 Å². The van der Waals surface area contributed by atoms with E-state index < -0.39 is 35.8 Å². The van der Waals surface area contributed by atoms with Crippen LogP contribution in [-0.2, 0) is 22.3 Å². The summed E-state index contributed by atoms with van der Waals surface area (Å²) >= 11 is 0. The Morgan fingerprint density at radius 2 is 1.71 bits per heavy atom. The standard InChI is InChI=1S/C30H22F3N3O5/c1-18-26(28(39)40)27(22-11-8-20(16-34)9-12-22)35(17-21-5-2-4-19(14-21)10-13-25(37)38)29(41)36(18)24-7-3-6-23(15-24)30(31,32)33/h2-15,27H,17H2,1H3,(H,37,38)(H,39,40). The lowest BCUT2D eigenvalue weighted by molar-refractivity contribution is -0.137. The molecular formula is C30H22F3N3O5. The molecule has 0 radical (unpaired) electrons. The molecule has 2 N–H and O–H groups in total. The average molecular weight is 562 g/mol. The van der Waals surface area contributed by atoms with Crippen LogP contribution in [0.1, 0.15) is 40.8 Å². The number of carboxylic acids is 2. The second-order valence-electron chi connectivity index (χ2n) is 9.15. The summed E-state index contributed by atoms with van der Waals surface area (Å²) < 4.78 is 40.5. The molecule has 8 nitrogen and oxygen atoms in total. The first-order valence-corrected chi connectivity index (χ1v) is 12.1. The van der Waals surface area contributed by atoms with Gasteiger partial charge in [0.15, 0.2) is 0 Å². The summed E-state index contributed by atoms with van der Waals surface area (Å²) in [6, 6.07) is 16.6. The van der Waals surface area contributed by atoms with Gasteiger partial charge in [0.25, 0.3) is 0 Å². The van der Waals surface area contributed by atoms with Crippen LogP contribution in [-0.4, -0.2) is 33.1 Å². The van der Waals surface area contributed by atoms with Gasteiger partial charge in [0, 0.05) is 18.3 Å². The monoisotopic (exact) mass is 561 g/mol. The van der Waals surface area contributed by atoms with Gasteiger partial charge in [-0.3, -0.25) is 4.90 Å². The molecule has 0 fully saturated rings. The van der Waals surface area contributed by atoms with Crippen molar-refractivity contribution in [2.75, 3.05) is 4.90 Å². The predicted octanol–water partition coefficient (Wildman–Crippen LogP) is 6.22. The highest BCUT2D eigenvalue weighted by Crippen LogP contribution is 2.41. The molecule has 1 atom stereocenters. The maximum absolute atomic E-state index is 14.1. The molecule has 3 aromatic rings. The van der Waals surface area contributed by atoms with Crippen molar-refractivity contribution in [2.45, 2.75) is 25.7 Å². The van der Waals surface area contributed by atoms with Crippen molar-refractivity contribution in [3.05, 3.63) is 118 Å². The van der Waals surface area contributed by atoms with Crippen LogP contribution in [0.4, 0.5) is 23.7 Å². The second-order valence-corrected chi connectivity index (χ2v) is 9.15. The first-order chi connectivity index (χ1) is 19.4. The number of aliphatic carboxylic acids is 2. The van der Waals surface area contributed by atoms with Crippen LogP contribution >= 0.6 is 0 Å². The Bertz CT molecular complexity index is 1620. The third-order valence-electron chi connectivity index (χ3n) is 6.49. The highest BCUT2D eigenvalue weighted by molar-refractivity contribution is 6.02. The van der Waals surface area contributed by atoms with E-state index in [9.17, 15) is 37.9 Å². The Hall–Kier alpha value is -5.37. The van der Waals surface area contributed by atoms with Gasteiger partial charge in [0.1, 0.15) is 0 Å². The fraction of sp³-hybridized carbons (Fsp3) is 0.133. The van der Waals surface area contributed by atoms with Gasteiger partial charge >= 0.3 is 24.1 Å². The molecule has 0 saturated heterocycles. The van der Waals surface area contributed by atoms with Crippen LogP contribution in [0.5, 0.6) is 0 Å². The number of hydrogen-bond acceptors (Lipinski definition) is 4. The number of nitriles is 1. The first-order valence-electron chi connectivity index (χ1n) is 12.1. The number of benzene rings is 3. The summed E-state index contributed by atoms with van der Waals surface area (Å²) in [5, 5.41) is 28.5. The maximum atomic E-state index is 14.1. The van der Waals surface area contributed by atoms with Gasteiger partial charge in [-0.05, 0) is 66.1 Å². The van der Waals surface area contributed by atoms with E-state index in [4.69, 9.17) is 5.11 Å². The molecule has 1 heterocycles. The number of hydrogen-bond donors (Lipinski definition) is 2. The smallest absolute Gasteiger partial charge is 0.416 e. The Morgan fingerprint density at radius 3 is 2.32 bits per heavy atom. The highest BCUT2D eigenvalue weighted by Gasteiger charge is 2.43. The molecule has 0 aromatic heterocycles. The van der Waals surface area contributed by atoms with E-state index in [1.165, 1.54) is 48.2 Å². The van der Waals surface area contributed by atoms with E-state index in [1.54, 1.807) is 24.3 Å². The number of carbonyl (C=O) groups is 3. The number of urea groups is 1. The molecular weight excluding hydrogens is 539 g/mol. The summed E-state index contributed by atoms with van der Waals surface area (Å²) in [5.74, 6) is -2.55. The lowest BCUT2D eigenvalue weighted by atomic mass is 9.91. The SMILES string of the molecule is CC1=C(C(=O)O)C(c2ccc(C#N)cc2)N(Cc2cccc(C=CC(=O)O)c2)C(=O)N1c1cccc(C(F)(F)F)c1. The fourth-order valence-corrected chi connectivity index (χ4v) is 4.66. The number of allylic oxidation sites excluding steroid dienone is 1. The molecule has 0 saturated carbocycles. The molecule has 2 amide bonds. The zero-order valence-corrected chi connectivity index (χ0v) is 21.5. The molecule has 1 unspecified atom stereocenters. The number of carboxylic acid groups (broad SMARTS) is 2. The van der Waals surface area contributed by atoms with Gasteiger partial charge in [-0.2, -0.15) is 18.4 Å². The zero-order chi connectivity index (χ0) is 29.9. The quantitative estimate of drug-likeness (QED) is 0.331. The maximum Gasteiger partial charge on any atom is 0.416 e. The van der Waals surface area contributed by atoms with E-state index in [-0.39, 0.29) is 23.5 Å². The van der Waals surface area contributed by atoms with E-state index in [1.807, 2.05) is 6.07 Å². The number of nitrogens with zero attached hydrogens (tertiary/aromatic N) is 3. The number of halogens is 3. The molecule has 208 valence electrons. The van der Waals surface area contributed by atoms with Crippen molar-refractivity contribution in [3.63, 3.8) is 0 Å². The van der Waals surface area contributed by atoms with E-state index in [0.717, 1.165) is 29.2 Å². The van der Waals surface area contributed by atoms with Crippen molar-refractivity contribution in [3.8, 4) is 6.07 Å². The predicted molar refractivity (Wildman–Crippen MR) is 142 cm³/mol. The third-order valence-corrected chi connectivity index (χ3v) is 6.49. The Kier molecular flexibility index (Phi) is 7.96. The summed E-state index contributed by atoms with van der Waals surface area (Å²) in [5.41, 5.74) is 0.220. The number of carbonyl (C=O) groups excluding carboxylic acids is 1. The average Bonchev–Trinajstić information content (AvgIpc) is 2.93. The third kappa shape index (κ3) is 6.12. The van der Waals surface area contributed by atoms with Gasteiger partial charge in [0.05, 0.1) is 34.5 Å². The molecule has 41 heavy (non-hydrogen) atoms. The topological polar surface area (TPSA) is 122 Å². The molecule has 3 aromatic carbocycles. The number of rotatable bonds is 7. The molecule has 11 heteroatoms. The fourth-order valence-electron chi connectivity index (χ4n) is 4.66. The Morgan fingerprint density at radius 1 is 1.02 bits per heavy atom. The van der Waals surface area contributed by atoms with Crippen molar-refractivity contribution in [1.82, 2.24) is 4.90 Å². The van der Waals surface area contributed by atoms with Gasteiger partial charge in [-0.25, -0.2) is 14.4 Å². The molecule has 1 aliphatic rings. The summed E-state index contributed by atoms with van der Waals surface area (Å²) in [6.45, 7) is 1.19. The normalized spacial score (nSPS) is 15.8. The van der Waals surface area contributed by atoms with Crippen LogP contribution in [0.3, 0.4) is 0 Å². The first kappa shape index (κ1) is 28.6. The van der Waals surface area contributed by atoms with Gasteiger partial charge < -0.3 is 15.1 Å². The molecule has 0 bridgehead atoms. The van der Waals surface area contributed by atoms with Crippen molar-refractivity contribution < 1.29 is 37.8 Å². The van der Waals surface area contributed by atoms with E-state index in [0.29, 0.717) is 22.3 Å². The molecule has 4 rings (SSSR count). The van der Waals surface area contributed by atoms with Crippen molar-refractivity contribution in [2.24, 2.45) is 0 Å². The lowest BCUT2D eigenvalue weighted by Crippen LogP contribution is -2.50. The minimum Gasteiger partial charge on any atom is -0.478 e. The van der Waals surface area contributed by atoms with Gasteiger partial charge in [-0.15, -0.1) is 0 Å². The zero-order valence-electron chi connectivity index (χ0n) is 21.5. The summed E-state index contributed by atoms with van der Waals surface area (Å²) in [6.07, 6.45) is -2.41. The van der Waals surface area contributed by atoms with Crippen LogP contribution < -0.4 is 4.90 Å². The second kappa shape index (κ2) is 11.4. The van der Waals surface area contributed by atoms with Crippen LogP contribution in [0.15, 0.2) is 90.1 Å². The van der Waals surface area contributed by atoms with Crippen molar-refractivity contribution in [1.29, 1.82) is 5.26 Å². The largest absolute Gasteiger partial charge is 0.478 e. The number of amides is 2. The molecule has 1 aliphatic heterocycles. The van der Waals surface area contributed by atoms with Crippen LogP contribution in [0.2, 0.25) is 0 Å². The lowest BCUT2D eigenvalue weighted by Gasteiger charge is -2.42. The minimum absolute atomic E-state index is 0.0643. The van der Waals surface area contributed by atoms with E-state index >= 15 is 0 Å². The van der Waals surface area contributed by atoms with Gasteiger partial charge in [0.2, 0.25) is 0 Å². The van der Waals surface area contributed by atoms with E-state index in [2.05, 4.69) is 0 Å². The molecule has 0 aliphatic carbocycles. The Balaban J connectivity index is 1.90. The van der Waals surface area contributed by atoms with Crippen LogP contribution in [0, 0.1) is 11.3 Å². The number of anilines is 1. The molecule has 0 spiro atoms. The summed E-state index contributed by atoms with van der Waals surface area (Å²) in [4.78, 5) is 39.9. The van der Waals surface area contributed by atoms with Crippen molar-refractivity contribution >= 4 is 29.7 Å².